The first kappa shape index (κ1) is 21.9. The fourth-order valence-electron chi connectivity index (χ4n) is 2.65. The van der Waals surface area contributed by atoms with Crippen LogP contribution in [0.1, 0.15) is 18.9 Å². The molecule has 0 radical (unpaired) electrons. The van der Waals surface area contributed by atoms with Gasteiger partial charge >= 0.3 is 0 Å². The molecule has 3 amide bonds. The molecule has 29 heavy (non-hydrogen) atoms. The standard InChI is InChI=1S/C22H28N4O3/c1-16(27)26(4)20-11-9-18(10-12-20)23-15-21(28)24-19-7-5-6-17(14-19)8-13-22(29)25(2)3/h5-7,9-12,14,23H,8,13,15H2,1-4H3,(H,24,28). The zero-order valence-electron chi connectivity index (χ0n) is 17.4. The van der Waals surface area contributed by atoms with Crippen molar-refractivity contribution < 1.29 is 14.4 Å². The Morgan fingerprint density at radius 2 is 1.62 bits per heavy atom. The number of rotatable bonds is 8. The molecule has 0 saturated heterocycles. The summed E-state index contributed by atoms with van der Waals surface area (Å²) in [7, 11) is 5.19. The minimum atomic E-state index is -0.170. The Hall–Kier alpha value is -3.35. The summed E-state index contributed by atoms with van der Waals surface area (Å²) in [4.78, 5) is 38.5. The van der Waals surface area contributed by atoms with Gasteiger partial charge in [0.1, 0.15) is 0 Å². The molecule has 154 valence electrons. The monoisotopic (exact) mass is 396 g/mol. The van der Waals surface area contributed by atoms with E-state index < -0.39 is 0 Å². The lowest BCUT2D eigenvalue weighted by Crippen LogP contribution is -2.23. The molecule has 0 bridgehead atoms. The van der Waals surface area contributed by atoms with Gasteiger partial charge in [-0.3, -0.25) is 14.4 Å². The average molecular weight is 396 g/mol. The molecule has 7 heteroatoms. The van der Waals surface area contributed by atoms with Gasteiger partial charge in [-0.2, -0.15) is 0 Å². The first-order valence-electron chi connectivity index (χ1n) is 9.43. The van der Waals surface area contributed by atoms with E-state index >= 15 is 0 Å². The Labute approximate surface area is 171 Å². The van der Waals surface area contributed by atoms with Crippen molar-refractivity contribution in [3.05, 3.63) is 54.1 Å². The van der Waals surface area contributed by atoms with Gasteiger partial charge in [0.05, 0.1) is 6.54 Å². The normalized spacial score (nSPS) is 10.2. The molecule has 0 atom stereocenters. The highest BCUT2D eigenvalue weighted by atomic mass is 16.2. The van der Waals surface area contributed by atoms with E-state index in [1.807, 2.05) is 48.5 Å². The van der Waals surface area contributed by atoms with Crippen LogP contribution in [0.5, 0.6) is 0 Å². The zero-order valence-corrected chi connectivity index (χ0v) is 17.4. The van der Waals surface area contributed by atoms with Crippen LogP contribution in [0.2, 0.25) is 0 Å². The molecule has 0 aliphatic rings. The number of hydrogen-bond donors (Lipinski definition) is 2. The van der Waals surface area contributed by atoms with E-state index in [1.165, 1.54) is 6.92 Å². The Morgan fingerprint density at radius 1 is 0.931 bits per heavy atom. The number of carbonyl (C=O) groups is 3. The number of carbonyl (C=O) groups excluding carboxylic acids is 3. The number of aryl methyl sites for hydroxylation is 1. The fraction of sp³-hybridized carbons (Fsp3) is 0.318. The van der Waals surface area contributed by atoms with Crippen molar-refractivity contribution in [1.82, 2.24) is 4.90 Å². The van der Waals surface area contributed by atoms with Crippen LogP contribution in [-0.4, -0.2) is 50.3 Å². The lowest BCUT2D eigenvalue weighted by molar-refractivity contribution is -0.128. The second kappa shape index (κ2) is 10.3. The average Bonchev–Trinajstić information content (AvgIpc) is 2.70. The molecule has 0 saturated carbocycles. The second-order valence-corrected chi connectivity index (χ2v) is 7.02. The fourth-order valence-corrected chi connectivity index (χ4v) is 2.65. The van der Waals surface area contributed by atoms with Crippen LogP contribution in [0, 0.1) is 0 Å². The quantitative estimate of drug-likeness (QED) is 0.719. The van der Waals surface area contributed by atoms with E-state index in [2.05, 4.69) is 10.6 Å². The third kappa shape index (κ3) is 6.95. The van der Waals surface area contributed by atoms with Crippen LogP contribution in [0.25, 0.3) is 0 Å². The summed E-state index contributed by atoms with van der Waals surface area (Å²) in [5.74, 6) is -0.140. The molecule has 2 aromatic carbocycles. The lowest BCUT2D eigenvalue weighted by Gasteiger charge is -2.15. The maximum atomic E-state index is 12.2. The highest BCUT2D eigenvalue weighted by Gasteiger charge is 2.08. The number of nitrogens with one attached hydrogen (secondary N) is 2. The van der Waals surface area contributed by atoms with E-state index in [-0.39, 0.29) is 24.3 Å². The first-order valence-corrected chi connectivity index (χ1v) is 9.43. The number of benzene rings is 2. The molecule has 0 aromatic heterocycles. The predicted octanol–water partition coefficient (Wildman–Crippen LogP) is 2.74. The zero-order chi connectivity index (χ0) is 21.4. The van der Waals surface area contributed by atoms with Gasteiger partial charge in [0.25, 0.3) is 0 Å². The van der Waals surface area contributed by atoms with E-state index in [1.54, 1.807) is 30.9 Å². The number of amides is 3. The topological polar surface area (TPSA) is 81.8 Å². The third-order valence-corrected chi connectivity index (χ3v) is 4.52. The predicted molar refractivity (Wildman–Crippen MR) is 116 cm³/mol. The summed E-state index contributed by atoms with van der Waals surface area (Å²) < 4.78 is 0. The van der Waals surface area contributed by atoms with Gasteiger partial charge in [0.2, 0.25) is 17.7 Å². The first-order chi connectivity index (χ1) is 13.8. The van der Waals surface area contributed by atoms with Gasteiger partial charge in [-0.15, -0.1) is 0 Å². The van der Waals surface area contributed by atoms with E-state index in [9.17, 15) is 14.4 Å². The highest BCUT2D eigenvalue weighted by molar-refractivity contribution is 5.94. The number of anilines is 3. The van der Waals surface area contributed by atoms with Crippen LogP contribution in [0.3, 0.4) is 0 Å². The number of nitrogens with zero attached hydrogens (tertiary/aromatic N) is 2. The molecular weight excluding hydrogens is 368 g/mol. The Morgan fingerprint density at radius 3 is 2.24 bits per heavy atom. The van der Waals surface area contributed by atoms with Gasteiger partial charge < -0.3 is 20.4 Å². The van der Waals surface area contributed by atoms with Gasteiger partial charge in [0, 0.05) is 51.5 Å². The van der Waals surface area contributed by atoms with Crippen molar-refractivity contribution >= 4 is 34.8 Å². The van der Waals surface area contributed by atoms with Crippen molar-refractivity contribution in [3.63, 3.8) is 0 Å². The molecule has 2 rings (SSSR count). The Bertz CT molecular complexity index is 863. The van der Waals surface area contributed by atoms with Gasteiger partial charge in [-0.05, 0) is 48.4 Å². The maximum Gasteiger partial charge on any atom is 0.243 e. The van der Waals surface area contributed by atoms with Crippen LogP contribution in [0.15, 0.2) is 48.5 Å². The van der Waals surface area contributed by atoms with Gasteiger partial charge in [-0.25, -0.2) is 0 Å². The molecule has 7 nitrogen and oxygen atoms in total. The van der Waals surface area contributed by atoms with Crippen LogP contribution < -0.4 is 15.5 Å². The van der Waals surface area contributed by atoms with Crippen molar-refractivity contribution in [3.8, 4) is 0 Å². The van der Waals surface area contributed by atoms with Gasteiger partial charge in [-0.1, -0.05) is 12.1 Å². The largest absolute Gasteiger partial charge is 0.376 e. The Kier molecular flexibility index (Phi) is 7.77. The molecule has 0 spiro atoms. The summed E-state index contributed by atoms with van der Waals surface area (Å²) in [5.41, 5.74) is 3.27. The van der Waals surface area contributed by atoms with Crippen LogP contribution in [-0.2, 0) is 20.8 Å². The molecule has 0 fully saturated rings. The molecule has 0 heterocycles. The van der Waals surface area contributed by atoms with Gasteiger partial charge in [0.15, 0.2) is 0 Å². The summed E-state index contributed by atoms with van der Waals surface area (Å²) in [5, 5.41) is 5.92. The van der Waals surface area contributed by atoms with Crippen LogP contribution in [0.4, 0.5) is 17.1 Å². The summed E-state index contributed by atoms with van der Waals surface area (Å²) in [6.45, 7) is 1.62. The van der Waals surface area contributed by atoms with Crippen LogP contribution >= 0.6 is 0 Å². The summed E-state index contributed by atoms with van der Waals surface area (Å²) in [6, 6.07) is 14.8. The number of hydrogen-bond acceptors (Lipinski definition) is 4. The SMILES string of the molecule is CC(=O)N(C)c1ccc(NCC(=O)Nc2cccc(CCC(=O)N(C)C)c2)cc1. The third-order valence-electron chi connectivity index (χ3n) is 4.52. The smallest absolute Gasteiger partial charge is 0.243 e. The molecule has 2 N–H and O–H groups in total. The van der Waals surface area contributed by atoms with Crippen molar-refractivity contribution in [2.24, 2.45) is 0 Å². The van der Waals surface area contributed by atoms with Crippen molar-refractivity contribution in [2.75, 3.05) is 43.2 Å². The summed E-state index contributed by atoms with van der Waals surface area (Å²) >= 11 is 0. The Balaban J connectivity index is 1.85. The molecule has 0 aliphatic carbocycles. The molecule has 0 unspecified atom stereocenters. The van der Waals surface area contributed by atoms with Crippen molar-refractivity contribution in [2.45, 2.75) is 19.8 Å². The highest BCUT2D eigenvalue weighted by Crippen LogP contribution is 2.17. The lowest BCUT2D eigenvalue weighted by atomic mass is 10.1. The van der Waals surface area contributed by atoms with E-state index in [0.717, 1.165) is 16.9 Å². The minimum absolute atomic E-state index is 0.0432. The summed E-state index contributed by atoms with van der Waals surface area (Å²) in [6.07, 6.45) is 1.06. The molecule has 2 aromatic rings. The molecular formula is C22H28N4O3. The molecule has 0 aliphatic heterocycles. The second-order valence-electron chi connectivity index (χ2n) is 7.02. The van der Waals surface area contributed by atoms with E-state index in [4.69, 9.17) is 0 Å². The van der Waals surface area contributed by atoms with Crippen molar-refractivity contribution in [1.29, 1.82) is 0 Å². The minimum Gasteiger partial charge on any atom is -0.376 e. The van der Waals surface area contributed by atoms with E-state index in [0.29, 0.717) is 18.5 Å². The maximum absolute atomic E-state index is 12.2.